The lowest BCUT2D eigenvalue weighted by atomic mass is 9.85. The van der Waals surface area contributed by atoms with Crippen LogP contribution in [-0.2, 0) is 15.4 Å². The van der Waals surface area contributed by atoms with Crippen LogP contribution in [0.15, 0.2) is 35.2 Å². The van der Waals surface area contributed by atoms with Crippen LogP contribution in [0.1, 0.15) is 48.5 Å². The Morgan fingerprint density at radius 3 is 2.56 bits per heavy atom. The first kappa shape index (κ1) is 20.6. The topological polar surface area (TPSA) is 75.6 Å². The fraction of sp³-hybridized carbons (Fsp3) is 0.474. The number of halogens is 1. The summed E-state index contributed by atoms with van der Waals surface area (Å²) in [6.45, 7) is 2.08. The summed E-state index contributed by atoms with van der Waals surface area (Å²) in [4.78, 5) is 2.16. The fourth-order valence-electron chi connectivity index (χ4n) is 3.56. The summed E-state index contributed by atoms with van der Waals surface area (Å²) in [5.74, 6) is 0.437. The minimum Gasteiger partial charge on any atom is -0.495 e. The van der Waals surface area contributed by atoms with Gasteiger partial charge in [0.2, 0.25) is 10.0 Å². The molecule has 1 heterocycles. The molecule has 1 unspecified atom stereocenters. The van der Waals surface area contributed by atoms with E-state index in [1.807, 2.05) is 12.1 Å². The maximum atomic E-state index is 12.8. The predicted molar refractivity (Wildman–Crippen MR) is 108 cm³/mol. The van der Waals surface area contributed by atoms with Crippen LogP contribution in [0.4, 0.5) is 0 Å². The highest BCUT2D eigenvalue weighted by Gasteiger charge is 2.38. The van der Waals surface area contributed by atoms with Crippen LogP contribution in [0.2, 0.25) is 5.02 Å². The first-order valence-electron chi connectivity index (χ1n) is 8.89. The Hall–Kier alpha value is -1.12. The van der Waals surface area contributed by atoms with Gasteiger partial charge in [0.15, 0.2) is 0 Å². The second kappa shape index (κ2) is 8.09. The molecule has 0 amide bonds. The smallest absolute Gasteiger partial charge is 0.240 e. The van der Waals surface area contributed by atoms with Gasteiger partial charge in [-0.3, -0.25) is 0 Å². The molecule has 1 fully saturated rings. The molecule has 1 saturated carbocycles. The number of methoxy groups -OCH3 is 1. The molecule has 1 aliphatic carbocycles. The fourth-order valence-corrected chi connectivity index (χ4v) is 6.22. The van der Waals surface area contributed by atoms with E-state index in [1.54, 1.807) is 24.3 Å². The molecule has 3 rings (SSSR count). The summed E-state index contributed by atoms with van der Waals surface area (Å²) in [7, 11) is -2.20. The van der Waals surface area contributed by atoms with Crippen LogP contribution in [0.5, 0.6) is 5.75 Å². The van der Waals surface area contributed by atoms with Gasteiger partial charge in [-0.05, 0) is 50.1 Å². The van der Waals surface area contributed by atoms with Crippen molar-refractivity contribution in [1.82, 2.24) is 4.72 Å². The van der Waals surface area contributed by atoms with Crippen LogP contribution in [0, 0.1) is 0 Å². The van der Waals surface area contributed by atoms with E-state index >= 15 is 0 Å². The third kappa shape index (κ3) is 4.32. The highest BCUT2D eigenvalue weighted by atomic mass is 35.5. The number of nitrogens with one attached hydrogen (secondary N) is 1. The van der Waals surface area contributed by atoms with Crippen molar-refractivity contribution in [2.45, 2.75) is 49.0 Å². The van der Waals surface area contributed by atoms with E-state index in [4.69, 9.17) is 16.3 Å². The van der Waals surface area contributed by atoms with E-state index < -0.39 is 16.1 Å². The van der Waals surface area contributed by atoms with Gasteiger partial charge in [0.25, 0.3) is 0 Å². The standard InChI is InChI=1S/C19H24ClNO4S2/c1-13(22)17-7-8-18(26-17)19(9-3-4-10-19)12-21-27(23,24)14-5-6-16(25-2)15(20)11-14/h5-8,11,13,21-22H,3-4,9-10,12H2,1-2H3. The summed E-state index contributed by atoms with van der Waals surface area (Å²) in [5.41, 5.74) is -0.221. The van der Waals surface area contributed by atoms with Crippen LogP contribution in [-0.4, -0.2) is 27.2 Å². The van der Waals surface area contributed by atoms with Crippen molar-refractivity contribution in [2.24, 2.45) is 0 Å². The number of hydrogen-bond donors (Lipinski definition) is 2. The third-order valence-corrected chi connectivity index (χ3v) is 8.35. The molecule has 1 aromatic heterocycles. The molecule has 0 spiro atoms. The van der Waals surface area contributed by atoms with E-state index in [-0.39, 0.29) is 15.3 Å². The number of thiophene rings is 1. The molecule has 2 aromatic rings. The van der Waals surface area contributed by atoms with E-state index in [0.29, 0.717) is 12.3 Å². The summed E-state index contributed by atoms with van der Waals surface area (Å²) >= 11 is 7.65. The lowest BCUT2D eigenvalue weighted by molar-refractivity contribution is 0.203. The number of sulfonamides is 1. The lowest BCUT2D eigenvalue weighted by Crippen LogP contribution is -2.38. The molecule has 8 heteroatoms. The Balaban J connectivity index is 1.82. The molecule has 0 aliphatic heterocycles. The van der Waals surface area contributed by atoms with Gasteiger partial charge in [0.05, 0.1) is 23.1 Å². The van der Waals surface area contributed by atoms with Gasteiger partial charge in [-0.25, -0.2) is 13.1 Å². The molecule has 0 radical (unpaired) electrons. The van der Waals surface area contributed by atoms with Gasteiger partial charge >= 0.3 is 0 Å². The van der Waals surface area contributed by atoms with Gasteiger partial charge < -0.3 is 9.84 Å². The van der Waals surface area contributed by atoms with Crippen molar-refractivity contribution < 1.29 is 18.3 Å². The number of hydrogen-bond acceptors (Lipinski definition) is 5. The molecule has 0 saturated heterocycles. The number of rotatable bonds is 7. The zero-order valence-electron chi connectivity index (χ0n) is 15.4. The zero-order chi connectivity index (χ0) is 19.7. The molecule has 27 heavy (non-hydrogen) atoms. The lowest BCUT2D eigenvalue weighted by Gasteiger charge is -2.28. The normalized spacial score (nSPS) is 17.8. The second-order valence-electron chi connectivity index (χ2n) is 6.99. The van der Waals surface area contributed by atoms with E-state index in [2.05, 4.69) is 4.72 Å². The highest BCUT2D eigenvalue weighted by Crippen LogP contribution is 2.44. The second-order valence-corrected chi connectivity index (χ2v) is 10.3. The molecule has 1 atom stereocenters. The van der Waals surface area contributed by atoms with Crippen LogP contribution in [0.25, 0.3) is 0 Å². The zero-order valence-corrected chi connectivity index (χ0v) is 17.8. The van der Waals surface area contributed by atoms with Crippen LogP contribution >= 0.6 is 22.9 Å². The van der Waals surface area contributed by atoms with Crippen molar-refractivity contribution in [3.8, 4) is 5.75 Å². The van der Waals surface area contributed by atoms with E-state index in [1.165, 1.54) is 19.2 Å². The highest BCUT2D eigenvalue weighted by molar-refractivity contribution is 7.89. The third-order valence-electron chi connectivity index (χ3n) is 5.16. The first-order chi connectivity index (χ1) is 12.8. The van der Waals surface area contributed by atoms with Crippen LogP contribution in [0.3, 0.4) is 0 Å². The molecule has 148 valence electrons. The summed E-state index contributed by atoms with van der Waals surface area (Å²) in [6, 6.07) is 8.40. The number of aliphatic hydroxyl groups is 1. The minimum atomic E-state index is -3.69. The Kier molecular flexibility index (Phi) is 6.17. The Labute approximate surface area is 169 Å². The van der Waals surface area contributed by atoms with Crippen molar-refractivity contribution in [3.63, 3.8) is 0 Å². The van der Waals surface area contributed by atoms with Crippen molar-refractivity contribution in [3.05, 3.63) is 45.1 Å². The SMILES string of the molecule is COc1ccc(S(=O)(=O)NCC2(c3ccc(C(C)O)s3)CCCC2)cc1Cl. The minimum absolute atomic E-state index is 0.122. The molecule has 0 bridgehead atoms. The molecular formula is C19H24ClNO4S2. The predicted octanol–water partition coefficient (Wildman–Crippen LogP) is 4.25. The summed E-state index contributed by atoms with van der Waals surface area (Å²) in [5, 5.41) is 10.1. The molecular weight excluding hydrogens is 406 g/mol. The quantitative estimate of drug-likeness (QED) is 0.689. The number of ether oxygens (including phenoxy) is 1. The Bertz CT molecular complexity index is 902. The Morgan fingerprint density at radius 2 is 2.00 bits per heavy atom. The van der Waals surface area contributed by atoms with Gasteiger partial charge in [0, 0.05) is 21.7 Å². The van der Waals surface area contributed by atoms with E-state index in [0.717, 1.165) is 35.4 Å². The average Bonchev–Trinajstić information content (AvgIpc) is 3.30. The Morgan fingerprint density at radius 1 is 1.30 bits per heavy atom. The maximum Gasteiger partial charge on any atom is 0.240 e. The number of benzene rings is 1. The number of aliphatic hydroxyl groups excluding tert-OH is 1. The van der Waals surface area contributed by atoms with Gasteiger partial charge in [-0.2, -0.15) is 0 Å². The van der Waals surface area contributed by atoms with Gasteiger partial charge in [-0.1, -0.05) is 24.4 Å². The largest absolute Gasteiger partial charge is 0.495 e. The molecule has 2 N–H and O–H groups in total. The van der Waals surface area contributed by atoms with Crippen molar-refractivity contribution in [1.29, 1.82) is 0 Å². The summed E-state index contributed by atoms with van der Waals surface area (Å²) in [6.07, 6.45) is 3.48. The maximum absolute atomic E-state index is 12.8. The molecule has 1 aromatic carbocycles. The molecule has 1 aliphatic rings. The van der Waals surface area contributed by atoms with Crippen molar-refractivity contribution in [2.75, 3.05) is 13.7 Å². The summed E-state index contributed by atoms with van der Waals surface area (Å²) < 4.78 is 33.4. The van der Waals surface area contributed by atoms with Crippen LogP contribution < -0.4 is 9.46 Å². The van der Waals surface area contributed by atoms with Gasteiger partial charge in [-0.15, -0.1) is 11.3 Å². The molecule has 5 nitrogen and oxygen atoms in total. The first-order valence-corrected chi connectivity index (χ1v) is 11.6. The van der Waals surface area contributed by atoms with Gasteiger partial charge in [0.1, 0.15) is 5.75 Å². The van der Waals surface area contributed by atoms with Crippen molar-refractivity contribution >= 4 is 33.0 Å². The average molecular weight is 430 g/mol. The monoisotopic (exact) mass is 429 g/mol. The van der Waals surface area contributed by atoms with E-state index in [9.17, 15) is 13.5 Å².